The van der Waals surface area contributed by atoms with Crippen LogP contribution in [0.15, 0.2) is 36.4 Å². The van der Waals surface area contributed by atoms with Crippen LogP contribution in [0.1, 0.15) is 64.4 Å². The molecule has 3 aliphatic carbocycles. The second kappa shape index (κ2) is 8.97. The summed E-state index contributed by atoms with van der Waals surface area (Å²) in [6, 6.07) is 8.75. The lowest BCUT2D eigenvalue weighted by atomic mass is 9.47. The molecule has 4 aliphatic rings. The Morgan fingerprint density at radius 1 is 1.06 bits per heavy atom. The zero-order valence-electron chi connectivity index (χ0n) is 22.2. The first-order valence-electron chi connectivity index (χ1n) is 13.6. The number of nitrogens with zero attached hydrogens (tertiary/aromatic N) is 2. The van der Waals surface area contributed by atoms with E-state index in [-0.39, 0.29) is 22.6 Å². The first kappa shape index (κ1) is 24.4. The van der Waals surface area contributed by atoms with Crippen LogP contribution in [-0.2, 0) is 16.1 Å². The molecule has 4 unspecified atom stereocenters. The van der Waals surface area contributed by atoms with E-state index in [1.54, 1.807) is 0 Å². The minimum Gasteiger partial charge on any atom is -0.378 e. The average molecular weight is 478 g/mol. The largest absolute Gasteiger partial charge is 0.378 e. The highest BCUT2D eigenvalue weighted by Crippen LogP contribution is 2.65. The molecule has 190 valence electrons. The lowest BCUT2D eigenvalue weighted by molar-refractivity contribution is -0.139. The highest BCUT2D eigenvalue weighted by molar-refractivity contribution is 5.89. The Hall–Kier alpha value is -2.30. The summed E-state index contributed by atoms with van der Waals surface area (Å²) < 4.78 is 0. The number of likely N-dealkylation sites (N-methyl/N-ethyl adjacent to an activating group) is 1. The van der Waals surface area contributed by atoms with Gasteiger partial charge in [-0.25, -0.2) is 0 Å². The summed E-state index contributed by atoms with van der Waals surface area (Å²) in [4.78, 5) is 29.4. The second-order valence-electron chi connectivity index (χ2n) is 12.5. The van der Waals surface area contributed by atoms with E-state index in [0.29, 0.717) is 42.7 Å². The van der Waals surface area contributed by atoms with E-state index < -0.39 is 0 Å². The summed E-state index contributed by atoms with van der Waals surface area (Å²) in [5, 5.41) is 3.20. The average Bonchev–Trinajstić information content (AvgIpc) is 3.16. The number of carbonyl (C=O) groups is 2. The van der Waals surface area contributed by atoms with Gasteiger partial charge in [0.05, 0.1) is 0 Å². The maximum atomic E-state index is 13.0. The van der Waals surface area contributed by atoms with Crippen molar-refractivity contribution in [2.24, 2.45) is 34.5 Å². The molecule has 0 saturated heterocycles. The molecule has 35 heavy (non-hydrogen) atoms. The number of amides is 2. The highest BCUT2D eigenvalue weighted by atomic mass is 16.2. The van der Waals surface area contributed by atoms with Crippen molar-refractivity contribution in [1.29, 1.82) is 0 Å². The molecule has 5 nitrogen and oxygen atoms in total. The molecular formula is C30H43N3O2. The van der Waals surface area contributed by atoms with Crippen LogP contribution in [0.3, 0.4) is 0 Å². The zero-order valence-corrected chi connectivity index (χ0v) is 22.2. The van der Waals surface area contributed by atoms with Gasteiger partial charge in [0.25, 0.3) is 0 Å². The van der Waals surface area contributed by atoms with Crippen molar-refractivity contribution in [3.63, 3.8) is 0 Å². The third-order valence-corrected chi connectivity index (χ3v) is 10.7. The van der Waals surface area contributed by atoms with E-state index >= 15 is 0 Å². The maximum Gasteiger partial charge on any atom is 0.246 e. The number of hydrogen-bond acceptors (Lipinski definition) is 3. The topological polar surface area (TPSA) is 52.7 Å². The number of rotatable bonds is 5. The highest BCUT2D eigenvalue weighted by Gasteiger charge is 2.60. The zero-order chi connectivity index (χ0) is 25.0. The monoisotopic (exact) mass is 477 g/mol. The van der Waals surface area contributed by atoms with Crippen LogP contribution in [0.2, 0.25) is 0 Å². The van der Waals surface area contributed by atoms with Gasteiger partial charge in [-0.15, -0.1) is 0 Å². The van der Waals surface area contributed by atoms with Gasteiger partial charge in [0, 0.05) is 51.3 Å². The van der Waals surface area contributed by atoms with Crippen molar-refractivity contribution in [3.05, 3.63) is 42.0 Å². The number of anilines is 1. The SMILES string of the molecule is CN(C)c1ccc(CNC(=O)C[C@H]2CCC3C4CCC5N(C)C(=O)C=C[C@]5(C)C4CC[C@@]32C)cc1. The van der Waals surface area contributed by atoms with Crippen LogP contribution >= 0.6 is 0 Å². The summed E-state index contributed by atoms with van der Waals surface area (Å²) >= 11 is 0. The molecule has 1 aromatic carbocycles. The molecule has 0 aromatic heterocycles. The van der Waals surface area contributed by atoms with Gasteiger partial charge >= 0.3 is 0 Å². The Balaban J connectivity index is 1.23. The van der Waals surface area contributed by atoms with Crippen LogP contribution in [0.25, 0.3) is 0 Å². The smallest absolute Gasteiger partial charge is 0.246 e. The Bertz CT molecular complexity index is 1000. The van der Waals surface area contributed by atoms with Gasteiger partial charge in [-0.1, -0.05) is 32.1 Å². The fourth-order valence-electron chi connectivity index (χ4n) is 8.59. The van der Waals surface area contributed by atoms with E-state index in [0.717, 1.165) is 12.0 Å². The summed E-state index contributed by atoms with van der Waals surface area (Å²) in [5.74, 6) is 2.88. The van der Waals surface area contributed by atoms with Crippen molar-refractivity contribution >= 4 is 17.5 Å². The standard InChI is InChI=1S/C30H43N3O2/c1-29-16-14-25-23(11-13-26-30(25,2)17-15-28(35)33(26)5)24(29)12-8-21(29)18-27(34)31-19-20-6-9-22(10-7-20)32(3)4/h6-7,9-10,15,17,21,23-26H,8,11-14,16,18-19H2,1-5H3,(H,31,34)/t21-,23?,24?,25?,26?,29-,30-/m1/s1. The molecule has 5 rings (SSSR count). The molecule has 7 atom stereocenters. The Kier molecular flexibility index (Phi) is 6.26. The minimum absolute atomic E-state index is 0.0878. The molecule has 5 heteroatoms. The van der Waals surface area contributed by atoms with Crippen molar-refractivity contribution in [2.75, 3.05) is 26.0 Å². The molecule has 2 amide bonds. The van der Waals surface area contributed by atoms with Crippen LogP contribution in [0, 0.1) is 34.5 Å². The predicted octanol–water partition coefficient (Wildman–Crippen LogP) is 5.01. The molecule has 1 heterocycles. The van der Waals surface area contributed by atoms with Crippen molar-refractivity contribution in [1.82, 2.24) is 10.2 Å². The normalized spacial score (nSPS) is 37.9. The van der Waals surface area contributed by atoms with Crippen LogP contribution in [-0.4, -0.2) is 43.9 Å². The quantitative estimate of drug-likeness (QED) is 0.648. The van der Waals surface area contributed by atoms with E-state index in [1.165, 1.54) is 37.8 Å². The summed E-state index contributed by atoms with van der Waals surface area (Å²) in [5.41, 5.74) is 2.67. The number of benzene rings is 1. The van der Waals surface area contributed by atoms with Gasteiger partial charge < -0.3 is 15.1 Å². The molecule has 0 spiro atoms. The van der Waals surface area contributed by atoms with E-state index in [4.69, 9.17) is 0 Å². The number of nitrogens with one attached hydrogen (secondary N) is 1. The first-order chi connectivity index (χ1) is 16.6. The van der Waals surface area contributed by atoms with E-state index in [1.807, 2.05) is 32.1 Å². The number of fused-ring (bicyclic) bond motifs is 5. The van der Waals surface area contributed by atoms with Crippen LogP contribution < -0.4 is 10.2 Å². The van der Waals surface area contributed by atoms with Crippen molar-refractivity contribution in [3.8, 4) is 0 Å². The minimum atomic E-state index is 0.0878. The predicted molar refractivity (Wildman–Crippen MR) is 141 cm³/mol. The van der Waals surface area contributed by atoms with Crippen LogP contribution in [0.5, 0.6) is 0 Å². The van der Waals surface area contributed by atoms with Gasteiger partial charge in [0.1, 0.15) is 0 Å². The van der Waals surface area contributed by atoms with Crippen molar-refractivity contribution in [2.45, 2.75) is 71.4 Å². The molecule has 0 bridgehead atoms. The van der Waals surface area contributed by atoms with Gasteiger partial charge in [-0.3, -0.25) is 9.59 Å². The molecule has 1 aliphatic heterocycles. The van der Waals surface area contributed by atoms with E-state index in [9.17, 15) is 9.59 Å². The molecule has 3 fully saturated rings. The van der Waals surface area contributed by atoms with Gasteiger partial charge in [0.15, 0.2) is 0 Å². The Morgan fingerprint density at radius 3 is 2.51 bits per heavy atom. The third kappa shape index (κ3) is 4.09. The van der Waals surface area contributed by atoms with E-state index in [2.05, 4.69) is 54.4 Å². The molecule has 1 aromatic rings. The molecular weight excluding hydrogens is 434 g/mol. The summed E-state index contributed by atoms with van der Waals surface area (Å²) in [6.07, 6.45) is 11.9. The molecule has 3 saturated carbocycles. The van der Waals surface area contributed by atoms with Gasteiger partial charge in [-0.05, 0) is 91.4 Å². The summed E-state index contributed by atoms with van der Waals surface area (Å²) in [6.45, 7) is 5.49. The first-order valence-corrected chi connectivity index (χ1v) is 13.6. The fraction of sp³-hybridized carbons (Fsp3) is 0.667. The summed E-state index contributed by atoms with van der Waals surface area (Å²) in [7, 11) is 6.07. The molecule has 1 N–H and O–H groups in total. The second-order valence-corrected chi connectivity index (χ2v) is 12.5. The number of carbonyl (C=O) groups excluding carboxylic acids is 2. The van der Waals surface area contributed by atoms with Gasteiger partial charge in [0.2, 0.25) is 11.8 Å². The fourth-order valence-corrected chi connectivity index (χ4v) is 8.59. The number of hydrogen-bond donors (Lipinski definition) is 1. The Morgan fingerprint density at radius 2 is 1.80 bits per heavy atom. The molecule has 0 radical (unpaired) electrons. The lowest BCUT2D eigenvalue weighted by Crippen LogP contribution is -2.59. The van der Waals surface area contributed by atoms with Crippen LogP contribution in [0.4, 0.5) is 5.69 Å². The lowest BCUT2D eigenvalue weighted by Gasteiger charge is -2.60. The third-order valence-electron chi connectivity index (χ3n) is 10.7. The maximum absolute atomic E-state index is 13.0. The van der Waals surface area contributed by atoms with Gasteiger partial charge in [-0.2, -0.15) is 0 Å². The Labute approximate surface area is 211 Å². The van der Waals surface area contributed by atoms with Crippen molar-refractivity contribution < 1.29 is 9.59 Å².